The van der Waals surface area contributed by atoms with E-state index in [2.05, 4.69) is 20.8 Å². The number of nitrogens with one attached hydrogen (secondary N) is 1. The lowest BCUT2D eigenvalue weighted by atomic mass is 10.2. The van der Waals surface area contributed by atoms with E-state index in [9.17, 15) is 4.79 Å². The van der Waals surface area contributed by atoms with Gasteiger partial charge in [0.15, 0.2) is 0 Å². The van der Waals surface area contributed by atoms with E-state index in [0.29, 0.717) is 11.7 Å². The number of carbonyl (C=O) groups excluding carboxylic acids is 1. The van der Waals surface area contributed by atoms with Crippen molar-refractivity contribution in [1.29, 1.82) is 0 Å². The highest BCUT2D eigenvalue weighted by Crippen LogP contribution is 2.21. The number of rotatable bonds is 7. The molecule has 0 aliphatic carbocycles. The van der Waals surface area contributed by atoms with E-state index in [1.165, 1.54) is 11.8 Å². The molecular weight excluding hydrogens is 314 g/mol. The zero-order chi connectivity index (χ0) is 16.8. The quantitative estimate of drug-likeness (QED) is 0.776. The predicted octanol–water partition coefficient (Wildman–Crippen LogP) is 1.74. The minimum atomic E-state index is -0.266. The Morgan fingerprint density at radius 1 is 1.30 bits per heavy atom. The van der Waals surface area contributed by atoms with Gasteiger partial charge in [-0.2, -0.15) is 0 Å². The molecule has 0 saturated heterocycles. The molecule has 0 fully saturated rings. The predicted molar refractivity (Wildman–Crippen MR) is 88.5 cm³/mol. The van der Waals surface area contributed by atoms with E-state index in [1.807, 2.05) is 45.0 Å². The van der Waals surface area contributed by atoms with Crippen molar-refractivity contribution in [2.75, 3.05) is 7.11 Å². The van der Waals surface area contributed by atoms with Crippen LogP contribution < -0.4 is 10.1 Å². The number of amides is 1. The van der Waals surface area contributed by atoms with Crippen LogP contribution in [0.4, 0.5) is 0 Å². The Bertz CT molecular complexity index is 642. The number of methoxy groups -OCH3 is 1. The molecule has 1 unspecified atom stereocenters. The Hall–Kier alpha value is -2.09. The third-order valence-electron chi connectivity index (χ3n) is 3.07. The normalized spacial score (nSPS) is 12.2. The molecule has 0 spiro atoms. The average molecular weight is 335 g/mol. The Labute approximate surface area is 139 Å². The maximum Gasteiger partial charge on any atom is 0.233 e. The van der Waals surface area contributed by atoms with Gasteiger partial charge in [-0.05, 0) is 48.9 Å². The lowest BCUT2D eigenvalue weighted by molar-refractivity contribution is -0.120. The molecule has 0 saturated carbocycles. The van der Waals surface area contributed by atoms with Crippen LogP contribution in [0.15, 0.2) is 29.4 Å². The van der Waals surface area contributed by atoms with Crippen molar-refractivity contribution in [3.05, 3.63) is 29.8 Å². The fourth-order valence-corrected chi connectivity index (χ4v) is 2.70. The first-order chi connectivity index (χ1) is 11.0. The first kappa shape index (κ1) is 17.3. The number of carbonyl (C=O) groups is 1. The van der Waals surface area contributed by atoms with Crippen LogP contribution in [0.3, 0.4) is 0 Å². The molecule has 23 heavy (non-hydrogen) atoms. The zero-order valence-corrected chi connectivity index (χ0v) is 14.5. The Morgan fingerprint density at radius 2 is 2.00 bits per heavy atom. The van der Waals surface area contributed by atoms with Gasteiger partial charge in [-0.3, -0.25) is 4.79 Å². The SMILES string of the molecule is COc1ccc(Cn2nnnc2SC(C)C(=O)NC(C)C)cc1. The molecule has 124 valence electrons. The molecule has 0 aliphatic heterocycles. The van der Waals surface area contributed by atoms with Crippen molar-refractivity contribution in [3.63, 3.8) is 0 Å². The molecule has 0 bridgehead atoms. The van der Waals surface area contributed by atoms with E-state index < -0.39 is 0 Å². The van der Waals surface area contributed by atoms with E-state index >= 15 is 0 Å². The highest BCUT2D eigenvalue weighted by atomic mass is 32.2. The van der Waals surface area contributed by atoms with Gasteiger partial charge < -0.3 is 10.1 Å². The molecule has 2 rings (SSSR count). The summed E-state index contributed by atoms with van der Waals surface area (Å²) in [5.41, 5.74) is 1.05. The number of nitrogens with zero attached hydrogens (tertiary/aromatic N) is 4. The van der Waals surface area contributed by atoms with Gasteiger partial charge in [0, 0.05) is 6.04 Å². The van der Waals surface area contributed by atoms with Gasteiger partial charge in [0.05, 0.1) is 18.9 Å². The van der Waals surface area contributed by atoms with Crippen molar-refractivity contribution >= 4 is 17.7 Å². The molecule has 1 amide bonds. The largest absolute Gasteiger partial charge is 0.497 e. The van der Waals surface area contributed by atoms with E-state index in [1.54, 1.807) is 11.8 Å². The smallest absolute Gasteiger partial charge is 0.233 e. The topological polar surface area (TPSA) is 81.9 Å². The van der Waals surface area contributed by atoms with E-state index in [0.717, 1.165) is 11.3 Å². The number of thioether (sulfide) groups is 1. The fraction of sp³-hybridized carbons (Fsp3) is 0.467. The maximum absolute atomic E-state index is 12.0. The molecule has 1 aromatic carbocycles. The van der Waals surface area contributed by atoms with Gasteiger partial charge in [0.2, 0.25) is 11.1 Å². The molecule has 0 radical (unpaired) electrons. The van der Waals surface area contributed by atoms with Crippen LogP contribution in [0.5, 0.6) is 5.75 Å². The van der Waals surface area contributed by atoms with Gasteiger partial charge in [0.25, 0.3) is 0 Å². The van der Waals surface area contributed by atoms with Gasteiger partial charge in [-0.1, -0.05) is 23.9 Å². The molecule has 0 aliphatic rings. The molecule has 8 heteroatoms. The number of ether oxygens (including phenoxy) is 1. The molecule has 1 atom stereocenters. The van der Waals surface area contributed by atoms with E-state index in [-0.39, 0.29) is 17.2 Å². The number of hydrogen-bond donors (Lipinski definition) is 1. The van der Waals surface area contributed by atoms with Gasteiger partial charge in [-0.25, -0.2) is 4.68 Å². The number of aromatic nitrogens is 4. The van der Waals surface area contributed by atoms with Crippen molar-refractivity contribution in [3.8, 4) is 5.75 Å². The third kappa shape index (κ3) is 4.95. The maximum atomic E-state index is 12.0. The second-order valence-corrected chi connectivity index (χ2v) is 6.70. The second-order valence-electron chi connectivity index (χ2n) is 5.39. The van der Waals surface area contributed by atoms with Crippen LogP contribution >= 0.6 is 11.8 Å². The van der Waals surface area contributed by atoms with Crippen molar-refractivity contribution < 1.29 is 9.53 Å². The zero-order valence-electron chi connectivity index (χ0n) is 13.7. The molecular formula is C15H21N5O2S. The summed E-state index contributed by atoms with van der Waals surface area (Å²) < 4.78 is 6.83. The first-order valence-corrected chi connectivity index (χ1v) is 8.23. The highest BCUT2D eigenvalue weighted by molar-refractivity contribution is 8.00. The van der Waals surface area contributed by atoms with Crippen molar-refractivity contribution in [2.24, 2.45) is 0 Å². The Morgan fingerprint density at radius 3 is 2.61 bits per heavy atom. The summed E-state index contributed by atoms with van der Waals surface area (Å²) in [5, 5.41) is 15.0. The summed E-state index contributed by atoms with van der Waals surface area (Å²) in [5.74, 6) is 0.781. The molecule has 1 aromatic heterocycles. The summed E-state index contributed by atoms with van der Waals surface area (Å²) >= 11 is 1.34. The number of tetrazole rings is 1. The van der Waals surface area contributed by atoms with Crippen LogP contribution in [0.1, 0.15) is 26.3 Å². The minimum absolute atomic E-state index is 0.0241. The summed E-state index contributed by atoms with van der Waals surface area (Å²) in [6.07, 6.45) is 0. The average Bonchev–Trinajstić information content (AvgIpc) is 2.94. The van der Waals surface area contributed by atoms with Crippen LogP contribution in [0.25, 0.3) is 0 Å². The summed E-state index contributed by atoms with van der Waals surface area (Å²) in [6.45, 7) is 6.25. The molecule has 7 nitrogen and oxygen atoms in total. The number of hydrogen-bond acceptors (Lipinski definition) is 6. The third-order valence-corrected chi connectivity index (χ3v) is 4.14. The Balaban J connectivity index is 2.02. The highest BCUT2D eigenvalue weighted by Gasteiger charge is 2.19. The van der Waals surface area contributed by atoms with Crippen molar-refractivity contribution in [1.82, 2.24) is 25.5 Å². The minimum Gasteiger partial charge on any atom is -0.497 e. The van der Waals surface area contributed by atoms with Gasteiger partial charge in [-0.15, -0.1) is 5.10 Å². The summed E-state index contributed by atoms with van der Waals surface area (Å²) in [6, 6.07) is 7.82. The lowest BCUT2D eigenvalue weighted by Crippen LogP contribution is -2.36. The van der Waals surface area contributed by atoms with Crippen molar-refractivity contribution in [2.45, 2.75) is 43.8 Å². The fourth-order valence-electron chi connectivity index (χ4n) is 1.90. The standard InChI is InChI=1S/C15H21N5O2S/c1-10(2)16-14(21)11(3)23-15-17-18-19-20(15)9-12-5-7-13(22-4)8-6-12/h5-8,10-11H,9H2,1-4H3,(H,16,21). The summed E-state index contributed by atoms with van der Waals surface area (Å²) in [4.78, 5) is 12.0. The van der Waals surface area contributed by atoms with E-state index in [4.69, 9.17) is 4.74 Å². The van der Waals surface area contributed by atoms with Gasteiger partial charge in [0.1, 0.15) is 5.75 Å². The monoisotopic (exact) mass is 335 g/mol. The Kier molecular flexibility index (Phi) is 5.97. The van der Waals surface area contributed by atoms with Crippen LogP contribution in [0, 0.1) is 0 Å². The second kappa shape index (κ2) is 7.96. The molecule has 1 N–H and O–H groups in total. The number of benzene rings is 1. The van der Waals surface area contributed by atoms with Crippen LogP contribution in [-0.4, -0.2) is 44.5 Å². The van der Waals surface area contributed by atoms with Crippen LogP contribution in [0.2, 0.25) is 0 Å². The van der Waals surface area contributed by atoms with Gasteiger partial charge >= 0.3 is 0 Å². The first-order valence-electron chi connectivity index (χ1n) is 7.35. The lowest BCUT2D eigenvalue weighted by Gasteiger charge is -2.13. The molecule has 1 heterocycles. The summed E-state index contributed by atoms with van der Waals surface area (Å²) in [7, 11) is 1.63. The van der Waals surface area contributed by atoms with Crippen LogP contribution in [-0.2, 0) is 11.3 Å². The molecule has 2 aromatic rings.